The van der Waals surface area contributed by atoms with Crippen molar-refractivity contribution in [2.45, 2.75) is 198 Å². The van der Waals surface area contributed by atoms with Crippen LogP contribution in [-0.2, 0) is 52.2 Å². The molecule has 14 nitrogen and oxygen atoms in total. The molecule has 0 aliphatic carbocycles. The van der Waals surface area contributed by atoms with Crippen LogP contribution < -0.4 is 0 Å². The van der Waals surface area contributed by atoms with Gasteiger partial charge in [0, 0.05) is 112 Å². The molecule has 337 valence electrons. The number of carboxylic acid groups (broad SMARTS) is 1. The van der Waals surface area contributed by atoms with Crippen molar-refractivity contribution in [1.82, 2.24) is 0 Å². The van der Waals surface area contributed by atoms with Crippen molar-refractivity contribution in [3.63, 3.8) is 0 Å². The SMILES string of the molecule is CO[C@@H]1[C@H](C)[C@H]([C@]2(C)CC[C@H]([C@]3(C)CC[C@]4(C[C@H](OC)[C@@H](C)[C@@H]([C@@H](C)[C@H]5O[C@@](O)([C@H](C)C(=O)O)[C@H](C)[C@@H](OC)[C@H]5C)O4)O3)O2)O[C@H]1[C@H]1O[C@](C)(O)[C@H](C)[C@@H](OC)[C@@H]1C.[Na]. The Hall–Kier alpha value is -0.0100. The third kappa shape index (κ3) is 8.53. The Balaban J connectivity index is 0.00000661. The molecule has 6 aliphatic rings. The molecule has 0 aromatic rings. The first-order valence-electron chi connectivity index (χ1n) is 21.8. The number of aliphatic hydroxyl groups is 2. The monoisotopic (exact) mass is 852 g/mol. The third-order valence-corrected chi connectivity index (χ3v) is 16.3. The molecule has 0 amide bonds. The van der Waals surface area contributed by atoms with Gasteiger partial charge in [-0.25, -0.2) is 0 Å². The summed E-state index contributed by atoms with van der Waals surface area (Å²) < 4.78 is 65.4. The van der Waals surface area contributed by atoms with E-state index < -0.39 is 76.9 Å². The van der Waals surface area contributed by atoms with Crippen molar-refractivity contribution in [2.75, 3.05) is 28.4 Å². The van der Waals surface area contributed by atoms with E-state index in [0.717, 1.165) is 12.8 Å². The number of methoxy groups -OCH3 is 4. The fraction of sp³-hybridized carbons (Fsp3) is 0.977. The van der Waals surface area contributed by atoms with Crippen molar-refractivity contribution in [1.29, 1.82) is 0 Å². The smallest absolute Gasteiger partial charge is 0.311 e. The fourth-order valence-electron chi connectivity index (χ4n) is 12.5. The molecule has 3 N–H and O–H groups in total. The minimum Gasteiger partial charge on any atom is -0.481 e. The summed E-state index contributed by atoms with van der Waals surface area (Å²) in [7, 11) is 6.70. The topological polar surface area (TPSA) is 170 Å². The molecule has 1 radical (unpaired) electrons. The van der Waals surface area contributed by atoms with Gasteiger partial charge in [0.2, 0.25) is 0 Å². The van der Waals surface area contributed by atoms with Gasteiger partial charge in [0.05, 0.1) is 66.1 Å². The van der Waals surface area contributed by atoms with Gasteiger partial charge in [0.1, 0.15) is 12.0 Å². The molecular formula is C44H76NaO14. The van der Waals surface area contributed by atoms with Gasteiger partial charge in [-0.15, -0.1) is 0 Å². The second-order valence-corrected chi connectivity index (χ2v) is 19.9. The van der Waals surface area contributed by atoms with Gasteiger partial charge in [-0.05, 0) is 47.0 Å². The average Bonchev–Trinajstić information content (AvgIpc) is 3.85. The zero-order valence-electron chi connectivity index (χ0n) is 38.8. The van der Waals surface area contributed by atoms with Crippen LogP contribution in [0.25, 0.3) is 0 Å². The van der Waals surface area contributed by atoms with Gasteiger partial charge in [-0.2, -0.15) is 0 Å². The Morgan fingerprint density at radius 1 is 0.678 bits per heavy atom. The zero-order valence-corrected chi connectivity index (χ0v) is 40.8. The van der Waals surface area contributed by atoms with E-state index in [1.54, 1.807) is 42.3 Å². The van der Waals surface area contributed by atoms with Crippen LogP contribution in [0, 0.1) is 47.3 Å². The van der Waals surface area contributed by atoms with E-state index in [1.165, 1.54) is 6.92 Å². The average molecular weight is 852 g/mol. The number of ether oxygens (including phenoxy) is 10. The molecule has 59 heavy (non-hydrogen) atoms. The molecule has 0 bridgehead atoms. The van der Waals surface area contributed by atoms with Crippen LogP contribution in [-0.4, -0.2) is 169 Å². The number of hydrogen-bond acceptors (Lipinski definition) is 13. The predicted molar refractivity (Wildman–Crippen MR) is 217 cm³/mol. The first-order chi connectivity index (χ1) is 27.0. The van der Waals surface area contributed by atoms with E-state index in [4.69, 9.17) is 47.4 Å². The first kappa shape index (κ1) is 50.0. The van der Waals surface area contributed by atoms with Gasteiger partial charge < -0.3 is 62.7 Å². The maximum Gasteiger partial charge on any atom is 0.311 e. The van der Waals surface area contributed by atoms with Gasteiger partial charge in [-0.1, -0.05) is 48.5 Å². The summed E-state index contributed by atoms with van der Waals surface area (Å²) in [4.78, 5) is 12.2. The van der Waals surface area contributed by atoms with Gasteiger partial charge in [-0.3, -0.25) is 4.79 Å². The van der Waals surface area contributed by atoms with Crippen molar-refractivity contribution in [2.24, 2.45) is 47.3 Å². The molecule has 23 atom stereocenters. The molecule has 6 rings (SSSR count). The van der Waals surface area contributed by atoms with E-state index in [-0.39, 0.29) is 95.6 Å². The molecule has 1 spiro atoms. The molecule has 0 aromatic heterocycles. The molecule has 6 fully saturated rings. The van der Waals surface area contributed by atoms with Crippen LogP contribution in [0.2, 0.25) is 0 Å². The van der Waals surface area contributed by atoms with Crippen LogP contribution in [0.4, 0.5) is 0 Å². The van der Waals surface area contributed by atoms with Crippen LogP contribution in [0.5, 0.6) is 0 Å². The van der Waals surface area contributed by atoms with E-state index >= 15 is 0 Å². The molecule has 6 saturated heterocycles. The standard InChI is InChI=1S/C44H76O14.Na/c1-21-29(49-12)20-43(56-31(21)22(2)32-23(3)34(51-14)27(7)44(48,57-32)28(8)39(45)46)19-18-40(9,58-43)30-16-17-41(10,54-30)38-25(5)35(52-15)37(53-38)36-24(4)33(50-13)26(6)42(11,47)55-36;/h21-38,47-48H,16-20H2,1-15H3,(H,45,46);/t21-,22-,23+,24+,25+,26-,27-,28-,29+,30-,31+,32-,33+,34+,35-,36+,37-,38-,40+,41+,42+,43-,44-;/m1./s1. The van der Waals surface area contributed by atoms with Crippen molar-refractivity contribution in [3.8, 4) is 0 Å². The van der Waals surface area contributed by atoms with Crippen LogP contribution >= 0.6 is 0 Å². The Labute approximate surface area is 374 Å². The zero-order chi connectivity index (χ0) is 43.1. The molecule has 0 aromatic carbocycles. The first-order valence-corrected chi connectivity index (χ1v) is 21.8. The van der Waals surface area contributed by atoms with E-state index in [0.29, 0.717) is 19.3 Å². The molecule has 15 heteroatoms. The summed E-state index contributed by atoms with van der Waals surface area (Å²) in [6, 6.07) is 0. The summed E-state index contributed by atoms with van der Waals surface area (Å²) in [6.45, 7) is 21.6. The summed E-state index contributed by atoms with van der Waals surface area (Å²) in [5, 5.41) is 33.1. The Kier molecular flexibility index (Phi) is 15.3. The number of aliphatic carboxylic acids is 1. The number of hydrogen-bond donors (Lipinski definition) is 3. The molecule has 6 aliphatic heterocycles. The molecular weight excluding hydrogens is 775 g/mol. The van der Waals surface area contributed by atoms with E-state index in [9.17, 15) is 20.1 Å². The molecule has 0 saturated carbocycles. The number of carbonyl (C=O) groups is 1. The van der Waals surface area contributed by atoms with Crippen molar-refractivity contribution >= 4 is 35.5 Å². The predicted octanol–water partition coefficient (Wildman–Crippen LogP) is 4.79. The van der Waals surface area contributed by atoms with E-state index in [1.807, 2.05) is 20.8 Å². The Morgan fingerprint density at radius 2 is 1.27 bits per heavy atom. The molecule has 0 unspecified atom stereocenters. The summed E-state index contributed by atoms with van der Waals surface area (Å²) in [5.41, 5.74) is -1.32. The van der Waals surface area contributed by atoms with Crippen molar-refractivity contribution < 1.29 is 67.5 Å². The second kappa shape index (κ2) is 18.1. The maximum atomic E-state index is 12.2. The molecule has 6 heterocycles. The second-order valence-electron chi connectivity index (χ2n) is 19.9. The number of rotatable bonds is 11. The minimum atomic E-state index is -1.95. The summed E-state index contributed by atoms with van der Waals surface area (Å²) in [5.74, 6) is -8.04. The number of carboxylic acids is 1. The van der Waals surface area contributed by atoms with Gasteiger partial charge in [0.15, 0.2) is 17.4 Å². The van der Waals surface area contributed by atoms with Crippen molar-refractivity contribution in [3.05, 3.63) is 0 Å². The van der Waals surface area contributed by atoms with Crippen LogP contribution in [0.15, 0.2) is 0 Å². The Bertz CT molecular complexity index is 1460. The van der Waals surface area contributed by atoms with Gasteiger partial charge >= 0.3 is 5.97 Å². The normalized spacial score (nSPS) is 53.9. The van der Waals surface area contributed by atoms with Crippen LogP contribution in [0.3, 0.4) is 0 Å². The fourth-order valence-corrected chi connectivity index (χ4v) is 12.5. The van der Waals surface area contributed by atoms with Crippen LogP contribution in [0.1, 0.15) is 108 Å². The summed E-state index contributed by atoms with van der Waals surface area (Å²) >= 11 is 0. The third-order valence-electron chi connectivity index (χ3n) is 16.3. The largest absolute Gasteiger partial charge is 0.481 e. The Morgan fingerprint density at radius 3 is 1.85 bits per heavy atom. The summed E-state index contributed by atoms with van der Waals surface area (Å²) in [6.07, 6.45) is -0.175. The quantitative estimate of drug-likeness (QED) is 0.243. The van der Waals surface area contributed by atoms with Gasteiger partial charge in [0.25, 0.3) is 0 Å². The minimum absolute atomic E-state index is 0. The van der Waals surface area contributed by atoms with E-state index in [2.05, 4.69) is 34.6 Å². The maximum absolute atomic E-state index is 12.2.